The molecule has 7 nitrogen and oxygen atoms in total. The Labute approximate surface area is 210 Å². The van der Waals surface area contributed by atoms with Gasteiger partial charge in [-0.2, -0.15) is 5.10 Å². The van der Waals surface area contributed by atoms with Gasteiger partial charge in [0, 0.05) is 56.9 Å². The Balaban J connectivity index is 1.56. The van der Waals surface area contributed by atoms with Crippen LogP contribution in [-0.2, 0) is 9.59 Å². The molecule has 1 aromatic heterocycles. The van der Waals surface area contributed by atoms with E-state index in [-0.39, 0.29) is 5.91 Å². The quantitative estimate of drug-likeness (QED) is 0.379. The monoisotopic (exact) mass is 479 g/mol. The maximum atomic E-state index is 12.5. The highest BCUT2D eigenvalue weighted by Gasteiger charge is 2.24. The lowest BCUT2D eigenvalue weighted by Crippen LogP contribution is -2.48. The number of carbonyl (C=O) groups is 2. The van der Waals surface area contributed by atoms with Crippen LogP contribution in [0.1, 0.15) is 68.3 Å². The minimum absolute atomic E-state index is 0.167. The highest BCUT2D eigenvalue weighted by Crippen LogP contribution is 2.31. The standard InChI is InChI=1S/C28H41N5O2/c1-4-24(21-30-10-6-7-11-30)25-18-26(20-27(19-25)33-23(3)17-22(2)29-33)31-12-14-32(15-13-31)28(35)9-5-8-16-34/h16-20,24H,4-15,21H2,1-3H3. The Bertz CT molecular complexity index is 1000. The second kappa shape index (κ2) is 11.8. The lowest BCUT2D eigenvalue weighted by molar-refractivity contribution is -0.131. The van der Waals surface area contributed by atoms with E-state index in [2.05, 4.69) is 52.6 Å². The second-order valence-electron chi connectivity index (χ2n) is 10.2. The summed E-state index contributed by atoms with van der Waals surface area (Å²) >= 11 is 0. The van der Waals surface area contributed by atoms with E-state index in [9.17, 15) is 9.59 Å². The molecule has 4 rings (SSSR count). The number of benzene rings is 1. The predicted octanol–water partition coefficient (Wildman–Crippen LogP) is 4.10. The Hall–Kier alpha value is -2.67. The van der Waals surface area contributed by atoms with Crippen LogP contribution in [0.4, 0.5) is 5.69 Å². The van der Waals surface area contributed by atoms with Crippen molar-refractivity contribution < 1.29 is 9.59 Å². The van der Waals surface area contributed by atoms with Crippen molar-refractivity contribution in [2.24, 2.45) is 0 Å². The molecule has 2 saturated heterocycles. The molecular formula is C28H41N5O2. The van der Waals surface area contributed by atoms with Crippen molar-refractivity contribution in [1.82, 2.24) is 19.6 Å². The van der Waals surface area contributed by atoms with Gasteiger partial charge in [-0.3, -0.25) is 4.79 Å². The summed E-state index contributed by atoms with van der Waals surface area (Å²) in [6, 6.07) is 9.09. The average Bonchev–Trinajstić information content (AvgIpc) is 3.51. The van der Waals surface area contributed by atoms with Gasteiger partial charge in [0.05, 0.1) is 11.4 Å². The zero-order valence-electron chi connectivity index (χ0n) is 21.7. The largest absolute Gasteiger partial charge is 0.368 e. The van der Waals surface area contributed by atoms with Gasteiger partial charge in [-0.1, -0.05) is 6.92 Å². The number of anilines is 1. The van der Waals surface area contributed by atoms with Crippen LogP contribution in [0.3, 0.4) is 0 Å². The molecule has 0 saturated carbocycles. The number of hydrogen-bond acceptors (Lipinski definition) is 5. The smallest absolute Gasteiger partial charge is 0.222 e. The molecule has 2 aromatic rings. The zero-order valence-corrected chi connectivity index (χ0v) is 21.7. The molecule has 7 heteroatoms. The molecule has 3 heterocycles. The van der Waals surface area contributed by atoms with Crippen LogP contribution >= 0.6 is 0 Å². The Morgan fingerprint density at radius 1 is 1.00 bits per heavy atom. The van der Waals surface area contributed by atoms with E-state index in [0.717, 1.165) is 62.5 Å². The summed E-state index contributed by atoms with van der Waals surface area (Å²) in [6.45, 7) is 13.1. The van der Waals surface area contributed by atoms with E-state index in [4.69, 9.17) is 5.10 Å². The van der Waals surface area contributed by atoms with Crippen molar-refractivity contribution >= 4 is 17.9 Å². The molecule has 0 radical (unpaired) electrons. The number of unbranched alkanes of at least 4 members (excludes halogenated alkanes) is 1. The highest BCUT2D eigenvalue weighted by molar-refractivity contribution is 5.76. The van der Waals surface area contributed by atoms with Gasteiger partial charge in [-0.25, -0.2) is 4.68 Å². The van der Waals surface area contributed by atoms with Crippen molar-refractivity contribution in [3.05, 3.63) is 41.2 Å². The lowest BCUT2D eigenvalue weighted by Gasteiger charge is -2.37. The molecule has 1 atom stereocenters. The molecule has 0 N–H and O–H groups in total. The van der Waals surface area contributed by atoms with Gasteiger partial charge < -0.3 is 19.5 Å². The third-order valence-electron chi connectivity index (χ3n) is 7.53. The number of likely N-dealkylation sites (tertiary alicyclic amines) is 1. The van der Waals surface area contributed by atoms with Crippen LogP contribution < -0.4 is 4.90 Å². The maximum absolute atomic E-state index is 12.5. The zero-order chi connectivity index (χ0) is 24.8. The van der Waals surface area contributed by atoms with Crippen molar-refractivity contribution in [1.29, 1.82) is 0 Å². The minimum atomic E-state index is 0.167. The number of aromatic nitrogens is 2. The maximum Gasteiger partial charge on any atom is 0.222 e. The van der Waals surface area contributed by atoms with Crippen LogP contribution in [0.25, 0.3) is 5.69 Å². The molecule has 0 bridgehead atoms. The summed E-state index contributed by atoms with van der Waals surface area (Å²) < 4.78 is 2.07. The fourth-order valence-corrected chi connectivity index (χ4v) is 5.50. The van der Waals surface area contributed by atoms with Gasteiger partial charge in [0.1, 0.15) is 6.29 Å². The minimum Gasteiger partial charge on any atom is -0.368 e. The molecule has 190 valence electrons. The molecule has 0 spiro atoms. The van der Waals surface area contributed by atoms with E-state index in [1.54, 1.807) is 0 Å². The normalized spacial score (nSPS) is 17.7. The number of amides is 1. The van der Waals surface area contributed by atoms with Gasteiger partial charge in [0.25, 0.3) is 0 Å². The second-order valence-corrected chi connectivity index (χ2v) is 10.2. The fraction of sp³-hybridized carbons (Fsp3) is 0.607. The first-order chi connectivity index (χ1) is 17.0. The van der Waals surface area contributed by atoms with E-state index in [1.807, 2.05) is 11.8 Å². The summed E-state index contributed by atoms with van der Waals surface area (Å²) in [7, 11) is 0. The molecule has 0 aliphatic carbocycles. The molecule has 2 fully saturated rings. The van der Waals surface area contributed by atoms with Crippen molar-refractivity contribution in [2.75, 3.05) is 50.7 Å². The molecule has 1 aromatic carbocycles. The number of aryl methyl sites for hydroxylation is 2. The molecule has 2 aliphatic rings. The van der Waals surface area contributed by atoms with E-state index >= 15 is 0 Å². The number of piperazine rings is 1. The first-order valence-electron chi connectivity index (χ1n) is 13.4. The Kier molecular flexibility index (Phi) is 8.60. The predicted molar refractivity (Wildman–Crippen MR) is 140 cm³/mol. The van der Waals surface area contributed by atoms with Gasteiger partial charge in [-0.15, -0.1) is 0 Å². The molecular weight excluding hydrogens is 438 g/mol. The summed E-state index contributed by atoms with van der Waals surface area (Å²) in [5.41, 5.74) is 5.89. The molecule has 35 heavy (non-hydrogen) atoms. The third kappa shape index (κ3) is 6.31. The van der Waals surface area contributed by atoms with Gasteiger partial charge in [0.15, 0.2) is 0 Å². The average molecular weight is 480 g/mol. The first kappa shape index (κ1) is 25.4. The van der Waals surface area contributed by atoms with Gasteiger partial charge >= 0.3 is 0 Å². The van der Waals surface area contributed by atoms with Crippen LogP contribution in [0, 0.1) is 13.8 Å². The fourth-order valence-electron chi connectivity index (χ4n) is 5.50. The van der Waals surface area contributed by atoms with Gasteiger partial charge in [0.2, 0.25) is 5.91 Å². The van der Waals surface area contributed by atoms with Crippen LogP contribution in [0.15, 0.2) is 24.3 Å². The number of aldehydes is 1. The molecule has 1 unspecified atom stereocenters. The van der Waals surface area contributed by atoms with Crippen molar-refractivity contribution in [2.45, 2.75) is 65.2 Å². The lowest BCUT2D eigenvalue weighted by atomic mass is 9.94. The van der Waals surface area contributed by atoms with Crippen molar-refractivity contribution in [3.63, 3.8) is 0 Å². The summed E-state index contributed by atoms with van der Waals surface area (Å²) in [5, 5.41) is 4.78. The van der Waals surface area contributed by atoms with E-state index in [1.165, 1.54) is 37.2 Å². The number of hydrogen-bond donors (Lipinski definition) is 0. The number of carbonyl (C=O) groups excluding carboxylic acids is 2. The molecule has 1 amide bonds. The number of rotatable bonds is 10. The van der Waals surface area contributed by atoms with Crippen molar-refractivity contribution in [3.8, 4) is 5.69 Å². The third-order valence-corrected chi connectivity index (χ3v) is 7.53. The van der Waals surface area contributed by atoms with E-state index in [0.29, 0.717) is 25.2 Å². The number of nitrogens with zero attached hydrogens (tertiary/aromatic N) is 5. The van der Waals surface area contributed by atoms with Crippen LogP contribution in [0.2, 0.25) is 0 Å². The van der Waals surface area contributed by atoms with Crippen LogP contribution in [0.5, 0.6) is 0 Å². The topological polar surface area (TPSA) is 61.7 Å². The Morgan fingerprint density at radius 3 is 2.34 bits per heavy atom. The van der Waals surface area contributed by atoms with Gasteiger partial charge in [-0.05, 0) is 88.4 Å². The Morgan fingerprint density at radius 2 is 1.71 bits per heavy atom. The highest BCUT2D eigenvalue weighted by atomic mass is 16.2. The summed E-state index contributed by atoms with van der Waals surface area (Å²) in [6.07, 6.45) is 6.20. The SMILES string of the molecule is CCC(CN1CCCC1)c1cc(N2CCN(C(=O)CCCC=O)CC2)cc(-n2nc(C)cc2C)c1. The summed E-state index contributed by atoms with van der Waals surface area (Å²) in [5.74, 6) is 0.657. The van der Waals surface area contributed by atoms with Crippen LogP contribution in [-0.4, -0.2) is 77.6 Å². The first-order valence-corrected chi connectivity index (χ1v) is 13.4. The molecule has 2 aliphatic heterocycles. The summed E-state index contributed by atoms with van der Waals surface area (Å²) in [4.78, 5) is 30.1. The van der Waals surface area contributed by atoms with E-state index < -0.39 is 0 Å².